The molecule has 4 heterocycles. The van der Waals surface area contributed by atoms with Gasteiger partial charge in [-0.25, -0.2) is 4.39 Å². The molecule has 2 aliphatic rings. The maximum atomic E-state index is 15.0. The SMILES string of the molecule is O=C1c2oc3ccc(F)cc3c(=O)c2C2(C(=O)N(Cc3ccc(Cl)cc3)c3ccccc32)N1c1nnc(SCc2ccccc2Cl)s1. The number of nitrogens with zero attached hydrogens (tertiary/aromatic N) is 4. The minimum atomic E-state index is -2.00. The molecule has 2 aromatic heterocycles. The molecule has 1 unspecified atom stereocenters. The molecular weight excluding hydrogens is 682 g/mol. The summed E-state index contributed by atoms with van der Waals surface area (Å²) in [4.78, 5) is 46.6. The van der Waals surface area contributed by atoms with Gasteiger partial charge in [-0.2, -0.15) is 0 Å². The van der Waals surface area contributed by atoms with Crippen molar-refractivity contribution in [1.29, 1.82) is 0 Å². The highest BCUT2D eigenvalue weighted by Gasteiger charge is 2.66. The van der Waals surface area contributed by atoms with Crippen molar-refractivity contribution < 1.29 is 18.4 Å². The fraction of sp³-hybridized carbons (Fsp3) is 0.0882. The number of rotatable bonds is 6. The smallest absolute Gasteiger partial charge is 0.297 e. The maximum absolute atomic E-state index is 15.0. The highest BCUT2D eigenvalue weighted by molar-refractivity contribution is 8.00. The lowest BCUT2D eigenvalue weighted by Gasteiger charge is -2.32. The molecule has 1 spiro atoms. The van der Waals surface area contributed by atoms with Crippen molar-refractivity contribution in [2.24, 2.45) is 0 Å². The molecule has 0 saturated carbocycles. The summed E-state index contributed by atoms with van der Waals surface area (Å²) in [5, 5.41) is 9.82. The monoisotopic (exact) mass is 700 g/mol. The normalized spacial score (nSPS) is 16.8. The lowest BCUT2D eigenvalue weighted by Crippen LogP contribution is -2.53. The molecule has 1 atom stereocenters. The molecule has 8 nitrogen and oxygen atoms in total. The first-order valence-electron chi connectivity index (χ1n) is 14.2. The van der Waals surface area contributed by atoms with E-state index in [9.17, 15) is 14.0 Å². The van der Waals surface area contributed by atoms with E-state index in [1.165, 1.54) is 27.6 Å². The molecule has 2 amide bonds. The zero-order valence-electron chi connectivity index (χ0n) is 23.9. The van der Waals surface area contributed by atoms with Gasteiger partial charge in [-0.05, 0) is 53.6 Å². The lowest BCUT2D eigenvalue weighted by molar-refractivity contribution is -0.121. The Balaban J connectivity index is 1.32. The van der Waals surface area contributed by atoms with Crippen LogP contribution in [-0.2, 0) is 22.6 Å². The van der Waals surface area contributed by atoms with Gasteiger partial charge >= 0.3 is 0 Å². The number of para-hydroxylation sites is 1. The number of thioether (sulfide) groups is 1. The highest BCUT2D eigenvalue weighted by Crippen LogP contribution is 2.55. The van der Waals surface area contributed by atoms with Crippen molar-refractivity contribution >= 4 is 79.9 Å². The van der Waals surface area contributed by atoms with E-state index in [1.807, 2.05) is 18.2 Å². The standard InChI is InChI=1S/C34H19Cl2FN4O4S2/c35-20-11-9-18(10-12-20)16-40-25-8-4-2-6-23(25)34(31(40)44)27-28(42)22-15-21(37)13-14-26(22)45-29(27)30(43)41(34)32-38-39-33(47-32)46-17-19-5-1-3-7-24(19)36/h1-15H,16-17H2. The van der Waals surface area contributed by atoms with E-state index < -0.39 is 28.6 Å². The number of hydrogen-bond acceptors (Lipinski definition) is 8. The summed E-state index contributed by atoms with van der Waals surface area (Å²) in [7, 11) is 0. The van der Waals surface area contributed by atoms with Crippen molar-refractivity contribution in [2.75, 3.05) is 9.80 Å². The molecule has 6 aromatic rings. The zero-order chi connectivity index (χ0) is 32.4. The van der Waals surface area contributed by atoms with E-state index in [0.717, 1.165) is 34.6 Å². The summed E-state index contributed by atoms with van der Waals surface area (Å²) in [5.74, 6) is -1.79. The third-order valence-electron chi connectivity index (χ3n) is 8.24. The first kappa shape index (κ1) is 29.8. The van der Waals surface area contributed by atoms with Gasteiger partial charge in [0.2, 0.25) is 10.9 Å². The van der Waals surface area contributed by atoms with Gasteiger partial charge in [-0.1, -0.05) is 94.8 Å². The molecular formula is C34H19Cl2FN4O4S2. The number of halogens is 3. The van der Waals surface area contributed by atoms with Crippen LogP contribution in [0.15, 0.2) is 105 Å². The van der Waals surface area contributed by atoms with Crippen molar-refractivity contribution in [2.45, 2.75) is 22.2 Å². The lowest BCUT2D eigenvalue weighted by atomic mass is 9.84. The summed E-state index contributed by atoms with van der Waals surface area (Å²) in [6.45, 7) is 0.120. The molecule has 4 aromatic carbocycles. The maximum Gasteiger partial charge on any atom is 0.297 e. The minimum Gasteiger partial charge on any atom is -0.450 e. The van der Waals surface area contributed by atoms with Gasteiger partial charge in [-0.3, -0.25) is 19.3 Å². The average Bonchev–Trinajstić information content (AvgIpc) is 3.71. The predicted octanol–water partition coefficient (Wildman–Crippen LogP) is 7.83. The number of anilines is 2. The van der Waals surface area contributed by atoms with Crippen LogP contribution in [0.5, 0.6) is 0 Å². The Bertz CT molecular complexity index is 2330. The first-order chi connectivity index (χ1) is 22.8. The summed E-state index contributed by atoms with van der Waals surface area (Å²) >= 11 is 14.9. The van der Waals surface area contributed by atoms with Crippen molar-refractivity contribution in [1.82, 2.24) is 10.2 Å². The molecule has 13 heteroatoms. The van der Waals surface area contributed by atoms with Crippen LogP contribution in [0.1, 0.15) is 32.8 Å². The van der Waals surface area contributed by atoms with Gasteiger partial charge in [0.25, 0.3) is 11.8 Å². The number of hydrogen-bond donors (Lipinski definition) is 0. The van der Waals surface area contributed by atoms with Crippen LogP contribution in [0.2, 0.25) is 10.0 Å². The molecule has 0 aliphatic carbocycles. The Kier molecular flexibility index (Phi) is 7.17. The third kappa shape index (κ3) is 4.60. The van der Waals surface area contributed by atoms with E-state index >= 15 is 4.79 Å². The van der Waals surface area contributed by atoms with Gasteiger partial charge in [0.1, 0.15) is 11.4 Å². The van der Waals surface area contributed by atoms with Crippen LogP contribution in [0.25, 0.3) is 11.0 Å². The molecule has 0 radical (unpaired) electrons. The van der Waals surface area contributed by atoms with Crippen LogP contribution in [0.4, 0.5) is 15.2 Å². The summed E-state index contributed by atoms with van der Waals surface area (Å²) in [6, 6.07) is 24.9. The number of benzene rings is 4. The fourth-order valence-electron chi connectivity index (χ4n) is 6.17. The Morgan fingerprint density at radius 2 is 1.68 bits per heavy atom. The van der Waals surface area contributed by atoms with Crippen LogP contribution in [0, 0.1) is 5.82 Å². The van der Waals surface area contributed by atoms with Gasteiger partial charge < -0.3 is 9.32 Å². The average molecular weight is 702 g/mol. The molecule has 47 heavy (non-hydrogen) atoms. The van der Waals surface area contributed by atoms with E-state index in [0.29, 0.717) is 31.4 Å². The Hall–Kier alpha value is -4.55. The van der Waals surface area contributed by atoms with Crippen LogP contribution < -0.4 is 15.2 Å². The Labute approximate surface area is 284 Å². The number of fused-ring (bicyclic) bond motifs is 5. The first-order valence-corrected chi connectivity index (χ1v) is 16.8. The van der Waals surface area contributed by atoms with Crippen molar-refractivity contribution in [3.63, 3.8) is 0 Å². The highest BCUT2D eigenvalue weighted by atomic mass is 35.5. The van der Waals surface area contributed by atoms with E-state index in [1.54, 1.807) is 54.6 Å². The van der Waals surface area contributed by atoms with Gasteiger partial charge in [-0.15, -0.1) is 10.2 Å². The van der Waals surface area contributed by atoms with E-state index in [4.69, 9.17) is 27.6 Å². The van der Waals surface area contributed by atoms with Gasteiger partial charge in [0, 0.05) is 21.4 Å². The zero-order valence-corrected chi connectivity index (χ0v) is 27.1. The number of amides is 2. The Morgan fingerprint density at radius 3 is 2.49 bits per heavy atom. The molecule has 0 N–H and O–H groups in total. The quantitative estimate of drug-likeness (QED) is 0.129. The molecule has 0 bridgehead atoms. The fourth-order valence-corrected chi connectivity index (χ4v) is 8.47. The molecule has 0 fully saturated rings. The summed E-state index contributed by atoms with van der Waals surface area (Å²) < 4.78 is 21.0. The Morgan fingerprint density at radius 1 is 0.915 bits per heavy atom. The second-order valence-electron chi connectivity index (χ2n) is 10.9. The van der Waals surface area contributed by atoms with Crippen LogP contribution in [-0.4, -0.2) is 22.0 Å². The molecule has 8 rings (SSSR count). The number of carbonyl (C=O) groups is 2. The predicted molar refractivity (Wildman–Crippen MR) is 180 cm³/mol. The third-order valence-corrected chi connectivity index (χ3v) is 10.9. The minimum absolute atomic E-state index is 0.0190. The van der Waals surface area contributed by atoms with Crippen LogP contribution in [0.3, 0.4) is 0 Å². The summed E-state index contributed by atoms with van der Waals surface area (Å²) in [5.41, 5.74) is -0.324. The molecule has 0 saturated heterocycles. The van der Waals surface area contributed by atoms with Crippen molar-refractivity contribution in [3.05, 3.63) is 145 Å². The van der Waals surface area contributed by atoms with Gasteiger partial charge in [0.15, 0.2) is 15.3 Å². The second kappa shape index (κ2) is 11.3. The number of aromatic nitrogens is 2. The van der Waals surface area contributed by atoms with E-state index in [2.05, 4.69) is 10.2 Å². The second-order valence-corrected chi connectivity index (χ2v) is 13.9. The summed E-state index contributed by atoms with van der Waals surface area (Å²) in [6.07, 6.45) is 0. The van der Waals surface area contributed by atoms with Gasteiger partial charge in [0.05, 0.1) is 23.2 Å². The van der Waals surface area contributed by atoms with Crippen LogP contribution >= 0.6 is 46.3 Å². The number of carbonyl (C=O) groups excluding carboxylic acids is 2. The van der Waals surface area contributed by atoms with E-state index in [-0.39, 0.29) is 34.0 Å². The topological polar surface area (TPSA) is 96.6 Å². The molecule has 232 valence electrons. The van der Waals surface area contributed by atoms with Crippen molar-refractivity contribution in [3.8, 4) is 0 Å². The largest absolute Gasteiger partial charge is 0.450 e. The molecule has 2 aliphatic heterocycles.